The molecule has 4 rings (SSSR count). The molecule has 0 spiro atoms. The highest BCUT2D eigenvalue weighted by molar-refractivity contribution is 6.03. The zero-order valence-corrected chi connectivity index (χ0v) is 18.0. The molecule has 0 radical (unpaired) electrons. The van der Waals surface area contributed by atoms with Crippen LogP contribution in [0.3, 0.4) is 0 Å². The lowest BCUT2D eigenvalue weighted by Crippen LogP contribution is -2.33. The van der Waals surface area contributed by atoms with Crippen molar-refractivity contribution < 1.29 is 14.4 Å². The van der Waals surface area contributed by atoms with Crippen LogP contribution >= 0.6 is 0 Å². The second-order valence-corrected chi connectivity index (χ2v) is 8.96. The molecule has 1 N–H and O–H groups in total. The van der Waals surface area contributed by atoms with Gasteiger partial charge in [0.2, 0.25) is 11.8 Å². The van der Waals surface area contributed by atoms with E-state index in [0.717, 1.165) is 57.5 Å². The van der Waals surface area contributed by atoms with Gasteiger partial charge >= 0.3 is 0 Å². The predicted molar refractivity (Wildman–Crippen MR) is 117 cm³/mol. The van der Waals surface area contributed by atoms with Crippen LogP contribution in [0.5, 0.6) is 0 Å². The molecule has 0 saturated carbocycles. The van der Waals surface area contributed by atoms with Crippen LogP contribution in [-0.2, 0) is 9.59 Å². The molecule has 3 heterocycles. The Morgan fingerprint density at radius 1 is 1.03 bits per heavy atom. The molecular formula is C23H32N4O3. The number of amides is 3. The van der Waals surface area contributed by atoms with Crippen molar-refractivity contribution in [2.45, 2.75) is 52.0 Å². The number of carbonyl (C=O) groups is 3. The SMILES string of the molecule is CC(C)N1C[C@H](C(=O)Nc2ccc(N3CCCC3)c(C(=O)N3CCCC3)c2)CC1=O. The standard InChI is InChI=1S/C23H32N4O3/c1-16(2)27-15-17(13-21(27)28)22(29)24-18-7-8-20(25-9-3-4-10-25)19(14-18)23(30)26-11-5-6-12-26/h7-8,14,16-17H,3-6,9-13,15H2,1-2H3,(H,24,29)/t17-/m1/s1. The first-order valence-corrected chi connectivity index (χ1v) is 11.2. The van der Waals surface area contributed by atoms with E-state index < -0.39 is 0 Å². The van der Waals surface area contributed by atoms with Crippen LogP contribution in [0.15, 0.2) is 18.2 Å². The summed E-state index contributed by atoms with van der Waals surface area (Å²) in [4.78, 5) is 44.1. The molecule has 3 aliphatic rings. The molecule has 3 amide bonds. The van der Waals surface area contributed by atoms with Gasteiger partial charge in [-0.25, -0.2) is 0 Å². The second-order valence-electron chi connectivity index (χ2n) is 8.96. The maximum absolute atomic E-state index is 13.2. The third kappa shape index (κ3) is 4.16. The number of hydrogen-bond acceptors (Lipinski definition) is 4. The number of rotatable bonds is 5. The monoisotopic (exact) mass is 412 g/mol. The van der Waals surface area contributed by atoms with Gasteiger partial charge in [-0.1, -0.05) is 0 Å². The molecule has 0 unspecified atom stereocenters. The van der Waals surface area contributed by atoms with E-state index in [4.69, 9.17) is 0 Å². The largest absolute Gasteiger partial charge is 0.371 e. The number of carbonyl (C=O) groups excluding carboxylic acids is 3. The van der Waals surface area contributed by atoms with Crippen LogP contribution in [0.1, 0.15) is 56.3 Å². The minimum absolute atomic E-state index is 0.0273. The van der Waals surface area contributed by atoms with Gasteiger partial charge < -0.3 is 20.0 Å². The summed E-state index contributed by atoms with van der Waals surface area (Å²) in [6, 6.07) is 5.76. The summed E-state index contributed by atoms with van der Waals surface area (Å²) in [6.07, 6.45) is 4.61. The van der Waals surface area contributed by atoms with Crippen molar-refractivity contribution in [2.75, 3.05) is 42.9 Å². The first kappa shape index (κ1) is 20.7. The number of nitrogens with one attached hydrogen (secondary N) is 1. The quantitative estimate of drug-likeness (QED) is 0.807. The smallest absolute Gasteiger partial charge is 0.256 e. The molecule has 3 fully saturated rings. The first-order valence-electron chi connectivity index (χ1n) is 11.2. The van der Waals surface area contributed by atoms with Crippen molar-refractivity contribution >= 4 is 29.1 Å². The normalized spacial score (nSPS) is 21.8. The van der Waals surface area contributed by atoms with Crippen LogP contribution in [0.25, 0.3) is 0 Å². The van der Waals surface area contributed by atoms with Crippen molar-refractivity contribution in [2.24, 2.45) is 5.92 Å². The van der Waals surface area contributed by atoms with Crippen LogP contribution in [0.4, 0.5) is 11.4 Å². The number of anilines is 2. The molecule has 0 aromatic heterocycles. The lowest BCUT2D eigenvalue weighted by molar-refractivity contribution is -0.129. The van der Waals surface area contributed by atoms with E-state index in [2.05, 4.69) is 10.2 Å². The van der Waals surface area contributed by atoms with E-state index in [1.165, 1.54) is 0 Å². The van der Waals surface area contributed by atoms with E-state index in [1.54, 1.807) is 4.90 Å². The zero-order chi connectivity index (χ0) is 21.3. The van der Waals surface area contributed by atoms with Crippen molar-refractivity contribution in [1.29, 1.82) is 0 Å². The van der Waals surface area contributed by atoms with Crippen molar-refractivity contribution in [1.82, 2.24) is 9.80 Å². The highest BCUT2D eigenvalue weighted by Crippen LogP contribution is 2.30. The fourth-order valence-electron chi connectivity index (χ4n) is 4.76. The Labute approximate surface area is 178 Å². The number of benzene rings is 1. The highest BCUT2D eigenvalue weighted by Gasteiger charge is 2.35. The maximum Gasteiger partial charge on any atom is 0.256 e. The maximum atomic E-state index is 13.2. The Balaban J connectivity index is 1.53. The van der Waals surface area contributed by atoms with Crippen molar-refractivity contribution in [3.8, 4) is 0 Å². The minimum Gasteiger partial charge on any atom is -0.371 e. The molecule has 3 aliphatic heterocycles. The summed E-state index contributed by atoms with van der Waals surface area (Å²) in [5.41, 5.74) is 2.26. The van der Waals surface area contributed by atoms with E-state index in [-0.39, 0.29) is 36.1 Å². The molecule has 3 saturated heterocycles. The fourth-order valence-corrected chi connectivity index (χ4v) is 4.76. The molecule has 30 heavy (non-hydrogen) atoms. The molecule has 7 heteroatoms. The summed E-state index contributed by atoms with van der Waals surface area (Å²) in [6.45, 7) is 7.89. The molecule has 0 aliphatic carbocycles. The third-order valence-corrected chi connectivity index (χ3v) is 6.49. The van der Waals surface area contributed by atoms with Gasteiger partial charge in [-0.15, -0.1) is 0 Å². The van der Waals surface area contributed by atoms with E-state index in [9.17, 15) is 14.4 Å². The van der Waals surface area contributed by atoms with Gasteiger partial charge in [-0.2, -0.15) is 0 Å². The first-order chi connectivity index (χ1) is 14.4. The number of nitrogens with zero attached hydrogens (tertiary/aromatic N) is 3. The Kier molecular flexibility index (Phi) is 5.97. The molecule has 1 aromatic rings. The second kappa shape index (κ2) is 8.66. The molecular weight excluding hydrogens is 380 g/mol. The topological polar surface area (TPSA) is 73.0 Å². The van der Waals surface area contributed by atoms with Gasteiger partial charge in [0.05, 0.1) is 11.5 Å². The lowest BCUT2D eigenvalue weighted by Gasteiger charge is -2.24. The van der Waals surface area contributed by atoms with Gasteiger partial charge in [0.15, 0.2) is 0 Å². The van der Waals surface area contributed by atoms with E-state index in [1.807, 2.05) is 36.9 Å². The highest BCUT2D eigenvalue weighted by atomic mass is 16.2. The van der Waals surface area contributed by atoms with Gasteiger partial charge in [0.1, 0.15) is 0 Å². The van der Waals surface area contributed by atoms with E-state index >= 15 is 0 Å². The van der Waals surface area contributed by atoms with Gasteiger partial charge in [-0.3, -0.25) is 14.4 Å². The Bertz CT molecular complexity index is 826. The molecule has 1 aromatic carbocycles. The molecule has 0 bridgehead atoms. The fraction of sp³-hybridized carbons (Fsp3) is 0.609. The number of likely N-dealkylation sites (tertiary alicyclic amines) is 2. The van der Waals surface area contributed by atoms with Crippen LogP contribution < -0.4 is 10.2 Å². The van der Waals surface area contributed by atoms with Crippen molar-refractivity contribution in [3.63, 3.8) is 0 Å². The van der Waals surface area contributed by atoms with Gasteiger partial charge in [-0.05, 0) is 57.7 Å². The predicted octanol–water partition coefficient (Wildman–Crippen LogP) is 2.72. The van der Waals surface area contributed by atoms with Gasteiger partial charge in [0.25, 0.3) is 5.91 Å². The number of hydrogen-bond donors (Lipinski definition) is 1. The van der Waals surface area contributed by atoms with Crippen LogP contribution in [0.2, 0.25) is 0 Å². The average molecular weight is 413 g/mol. The average Bonchev–Trinajstić information content (AvgIpc) is 3.48. The summed E-state index contributed by atoms with van der Waals surface area (Å²) in [5.74, 6) is -0.428. The third-order valence-electron chi connectivity index (χ3n) is 6.49. The summed E-state index contributed by atoms with van der Waals surface area (Å²) in [7, 11) is 0. The zero-order valence-electron chi connectivity index (χ0n) is 18.0. The van der Waals surface area contributed by atoms with Crippen LogP contribution in [-0.4, -0.2) is 66.3 Å². The Hall–Kier alpha value is -2.57. The molecule has 162 valence electrons. The summed E-state index contributed by atoms with van der Waals surface area (Å²) >= 11 is 0. The molecule has 1 atom stereocenters. The summed E-state index contributed by atoms with van der Waals surface area (Å²) < 4.78 is 0. The van der Waals surface area contributed by atoms with Crippen molar-refractivity contribution in [3.05, 3.63) is 23.8 Å². The molecule has 7 nitrogen and oxygen atoms in total. The minimum atomic E-state index is -0.351. The van der Waals surface area contributed by atoms with Gasteiger partial charge in [0, 0.05) is 56.6 Å². The summed E-state index contributed by atoms with van der Waals surface area (Å²) in [5, 5.41) is 2.96. The van der Waals surface area contributed by atoms with Crippen LogP contribution in [0, 0.1) is 5.92 Å². The Morgan fingerprint density at radius 2 is 1.70 bits per heavy atom. The Morgan fingerprint density at radius 3 is 2.33 bits per heavy atom. The van der Waals surface area contributed by atoms with E-state index in [0.29, 0.717) is 17.8 Å². The lowest BCUT2D eigenvalue weighted by atomic mass is 10.1.